The Kier molecular flexibility index (Phi) is 7.22. The van der Waals surface area contributed by atoms with Crippen molar-refractivity contribution in [3.8, 4) is 17.0 Å². The summed E-state index contributed by atoms with van der Waals surface area (Å²) >= 11 is 0. The van der Waals surface area contributed by atoms with Crippen LogP contribution in [0.25, 0.3) is 11.1 Å². The number of ether oxygens (including phenoxy) is 1. The molecule has 1 fully saturated rings. The molecule has 2 amide bonds. The van der Waals surface area contributed by atoms with Gasteiger partial charge in [-0.3, -0.25) is 9.59 Å². The highest BCUT2D eigenvalue weighted by Gasteiger charge is 2.35. The van der Waals surface area contributed by atoms with Gasteiger partial charge in [0.25, 0.3) is 5.91 Å². The Balaban J connectivity index is 1.67. The minimum absolute atomic E-state index is 0.0554. The molecule has 1 aliphatic heterocycles. The summed E-state index contributed by atoms with van der Waals surface area (Å²) in [6.07, 6.45) is 4.25. The van der Waals surface area contributed by atoms with E-state index in [1.807, 2.05) is 58.2 Å². The van der Waals surface area contributed by atoms with Gasteiger partial charge in [0.1, 0.15) is 11.7 Å². The van der Waals surface area contributed by atoms with Gasteiger partial charge in [0.05, 0.1) is 19.2 Å². The van der Waals surface area contributed by atoms with E-state index in [0.29, 0.717) is 31.0 Å². The van der Waals surface area contributed by atoms with E-state index < -0.39 is 0 Å². The van der Waals surface area contributed by atoms with Crippen LogP contribution in [0.1, 0.15) is 49.0 Å². The first-order valence-corrected chi connectivity index (χ1v) is 12.2. The number of amides is 2. The van der Waals surface area contributed by atoms with Crippen LogP contribution in [0.2, 0.25) is 0 Å². The van der Waals surface area contributed by atoms with Gasteiger partial charge in [0.2, 0.25) is 11.8 Å². The van der Waals surface area contributed by atoms with Crippen molar-refractivity contribution in [1.82, 2.24) is 14.8 Å². The molecule has 34 heavy (non-hydrogen) atoms. The zero-order valence-corrected chi connectivity index (χ0v) is 20.5. The minimum atomic E-state index is -0.349. The van der Waals surface area contributed by atoms with Crippen molar-refractivity contribution in [2.45, 2.75) is 52.2 Å². The fraction of sp³-hybridized carbons (Fsp3) is 0.519. The van der Waals surface area contributed by atoms with E-state index in [4.69, 9.17) is 4.74 Å². The molecule has 0 saturated heterocycles. The predicted molar refractivity (Wildman–Crippen MR) is 131 cm³/mol. The van der Waals surface area contributed by atoms with Gasteiger partial charge in [-0.1, -0.05) is 31.2 Å². The lowest BCUT2D eigenvalue weighted by Gasteiger charge is -2.37. The van der Waals surface area contributed by atoms with E-state index in [0.717, 1.165) is 29.5 Å². The van der Waals surface area contributed by atoms with Crippen LogP contribution in [0.4, 0.5) is 0 Å². The van der Waals surface area contributed by atoms with Crippen LogP contribution in [0, 0.1) is 18.8 Å². The molecule has 7 nitrogen and oxygen atoms in total. The minimum Gasteiger partial charge on any atom is -0.472 e. The molecular weight excluding hydrogens is 430 g/mol. The highest BCUT2D eigenvalue weighted by molar-refractivity contribution is 5.98. The smallest absolute Gasteiger partial charge is 0.259 e. The van der Waals surface area contributed by atoms with Crippen molar-refractivity contribution in [1.29, 1.82) is 0 Å². The number of hydrogen-bond acceptors (Lipinski definition) is 5. The summed E-state index contributed by atoms with van der Waals surface area (Å²) in [6, 6.07) is 9.45. The maximum atomic E-state index is 13.6. The van der Waals surface area contributed by atoms with E-state index in [2.05, 4.69) is 4.98 Å². The van der Waals surface area contributed by atoms with Crippen molar-refractivity contribution >= 4 is 11.8 Å². The molecule has 7 heteroatoms. The molecule has 0 spiro atoms. The Labute approximate surface area is 201 Å². The van der Waals surface area contributed by atoms with E-state index >= 15 is 0 Å². The SMILES string of the molecule is Cc1ccccc1-c1cnc2c(c1)C(=O)N([C@@H](C)CO)C[C@@H](C)[C@H](CN(C)C(=O)CC1CC1)O2. The first-order chi connectivity index (χ1) is 16.3. The second kappa shape index (κ2) is 10.1. The van der Waals surface area contributed by atoms with Crippen molar-refractivity contribution in [3.63, 3.8) is 0 Å². The number of aliphatic hydroxyl groups is 1. The molecule has 0 radical (unpaired) electrons. The Morgan fingerprint density at radius 2 is 2.03 bits per heavy atom. The average Bonchev–Trinajstić information content (AvgIpc) is 3.64. The number of aryl methyl sites for hydroxylation is 1. The average molecular weight is 466 g/mol. The number of benzene rings is 1. The second-order valence-electron chi connectivity index (χ2n) is 9.94. The van der Waals surface area contributed by atoms with Gasteiger partial charge in [-0.2, -0.15) is 0 Å². The topological polar surface area (TPSA) is 83.0 Å². The highest BCUT2D eigenvalue weighted by atomic mass is 16.5. The van der Waals surface area contributed by atoms with Crippen LogP contribution in [-0.4, -0.2) is 70.6 Å². The van der Waals surface area contributed by atoms with Gasteiger partial charge in [0, 0.05) is 37.7 Å². The predicted octanol–water partition coefficient (Wildman–Crippen LogP) is 3.54. The van der Waals surface area contributed by atoms with Crippen LogP contribution in [0.5, 0.6) is 5.88 Å². The molecule has 2 heterocycles. The van der Waals surface area contributed by atoms with Crippen molar-refractivity contribution in [3.05, 3.63) is 47.7 Å². The number of hydrogen-bond donors (Lipinski definition) is 1. The third-order valence-electron chi connectivity index (χ3n) is 7.02. The van der Waals surface area contributed by atoms with E-state index in [9.17, 15) is 14.7 Å². The molecule has 1 aromatic carbocycles. The number of likely N-dealkylation sites (N-methyl/N-ethyl adjacent to an activating group) is 1. The maximum absolute atomic E-state index is 13.6. The quantitative estimate of drug-likeness (QED) is 0.676. The van der Waals surface area contributed by atoms with Crippen molar-refractivity contribution in [2.75, 3.05) is 26.7 Å². The number of carbonyl (C=O) groups excluding carboxylic acids is 2. The summed E-state index contributed by atoms with van der Waals surface area (Å²) in [5.41, 5.74) is 3.31. The monoisotopic (exact) mass is 465 g/mol. The van der Waals surface area contributed by atoms with Crippen LogP contribution < -0.4 is 4.74 Å². The maximum Gasteiger partial charge on any atom is 0.259 e. The third-order valence-corrected chi connectivity index (χ3v) is 7.02. The third kappa shape index (κ3) is 5.25. The number of aromatic nitrogens is 1. The second-order valence-corrected chi connectivity index (χ2v) is 9.94. The van der Waals surface area contributed by atoms with Gasteiger partial charge in [-0.15, -0.1) is 0 Å². The molecule has 2 aromatic rings. The standard InChI is InChI=1S/C27H35N3O4/c1-17-7-5-6-8-22(17)21-12-23-26(28-13-21)34-24(15-29(4)25(32)11-20-9-10-20)18(2)14-30(27(23)33)19(3)16-31/h5-8,12-13,18-20,24,31H,9-11,14-16H2,1-4H3/t18-,19+,24+/m1/s1. The Hall–Kier alpha value is -2.93. The van der Waals surface area contributed by atoms with E-state index in [1.165, 1.54) is 0 Å². The van der Waals surface area contributed by atoms with Gasteiger partial charge in [-0.05, 0) is 49.8 Å². The Bertz CT molecular complexity index is 1050. The number of pyridine rings is 1. The zero-order chi connectivity index (χ0) is 24.4. The van der Waals surface area contributed by atoms with E-state index in [1.54, 1.807) is 16.0 Å². The van der Waals surface area contributed by atoms with Crippen molar-refractivity contribution in [2.24, 2.45) is 11.8 Å². The molecule has 1 aromatic heterocycles. The van der Waals surface area contributed by atoms with Crippen molar-refractivity contribution < 1.29 is 19.4 Å². The molecule has 2 aliphatic rings. The molecule has 0 bridgehead atoms. The molecule has 1 saturated carbocycles. The lowest BCUT2D eigenvalue weighted by molar-refractivity contribution is -0.131. The summed E-state index contributed by atoms with van der Waals surface area (Å²) in [6.45, 7) is 6.58. The summed E-state index contributed by atoms with van der Waals surface area (Å²) in [4.78, 5) is 34.2. The first kappa shape index (κ1) is 24.2. The zero-order valence-electron chi connectivity index (χ0n) is 20.5. The fourth-order valence-electron chi connectivity index (χ4n) is 4.46. The molecule has 1 aliphatic carbocycles. The fourth-order valence-corrected chi connectivity index (χ4v) is 4.46. The van der Waals surface area contributed by atoms with Crippen LogP contribution in [0.3, 0.4) is 0 Å². The molecule has 3 atom stereocenters. The Morgan fingerprint density at radius 1 is 1.29 bits per heavy atom. The Morgan fingerprint density at radius 3 is 2.71 bits per heavy atom. The number of aliphatic hydroxyl groups excluding tert-OH is 1. The van der Waals surface area contributed by atoms with Crippen LogP contribution in [0.15, 0.2) is 36.5 Å². The van der Waals surface area contributed by atoms with E-state index in [-0.39, 0.29) is 42.4 Å². The highest BCUT2D eigenvalue weighted by Crippen LogP contribution is 2.34. The normalized spacial score (nSPS) is 21.2. The lowest BCUT2D eigenvalue weighted by atomic mass is 9.98. The van der Waals surface area contributed by atoms with Crippen LogP contribution >= 0.6 is 0 Å². The number of carbonyl (C=O) groups is 2. The molecular formula is C27H35N3O4. The largest absolute Gasteiger partial charge is 0.472 e. The summed E-state index contributed by atoms with van der Waals surface area (Å²) in [5.74, 6) is 0.659. The lowest BCUT2D eigenvalue weighted by Crippen LogP contribution is -2.50. The van der Waals surface area contributed by atoms with Gasteiger partial charge in [0.15, 0.2) is 0 Å². The van der Waals surface area contributed by atoms with Gasteiger partial charge >= 0.3 is 0 Å². The summed E-state index contributed by atoms with van der Waals surface area (Å²) in [5, 5.41) is 9.85. The molecule has 182 valence electrons. The molecule has 0 unspecified atom stereocenters. The van der Waals surface area contributed by atoms with Gasteiger partial charge in [-0.25, -0.2) is 4.98 Å². The number of fused-ring (bicyclic) bond motifs is 1. The van der Waals surface area contributed by atoms with Crippen LogP contribution in [-0.2, 0) is 4.79 Å². The summed E-state index contributed by atoms with van der Waals surface area (Å²) in [7, 11) is 1.81. The summed E-state index contributed by atoms with van der Waals surface area (Å²) < 4.78 is 6.33. The number of rotatable bonds is 7. The molecule has 4 rings (SSSR count). The first-order valence-electron chi connectivity index (χ1n) is 12.2. The number of nitrogens with zero attached hydrogens (tertiary/aromatic N) is 3. The molecule has 1 N–H and O–H groups in total. The van der Waals surface area contributed by atoms with Gasteiger partial charge < -0.3 is 19.6 Å².